The number of rotatable bonds is 3. The number of hydrogen-bond donors (Lipinski definition) is 2. The number of nitrogens with zero attached hydrogens (tertiary/aromatic N) is 2. The van der Waals surface area contributed by atoms with Crippen LogP contribution in [0.15, 0.2) is 22.7 Å². The van der Waals surface area contributed by atoms with Crippen LogP contribution in [0.4, 0.5) is 10.1 Å². The molecule has 1 aromatic carbocycles. The molecule has 0 aliphatic carbocycles. The van der Waals surface area contributed by atoms with E-state index in [1.807, 2.05) is 13.8 Å². The van der Waals surface area contributed by atoms with Crippen molar-refractivity contribution >= 4 is 27.5 Å². The van der Waals surface area contributed by atoms with Crippen molar-refractivity contribution in [3.8, 4) is 0 Å². The molecule has 0 spiro atoms. The van der Waals surface area contributed by atoms with Crippen LogP contribution in [0.25, 0.3) is 0 Å². The number of hydrogen-bond acceptors (Lipinski definition) is 3. The lowest BCUT2D eigenvalue weighted by Gasteiger charge is -2.05. The molecular formula is C12H12BrFN4O. The Morgan fingerprint density at radius 2 is 2.21 bits per heavy atom. The molecule has 2 rings (SSSR count). The highest BCUT2D eigenvalue weighted by molar-refractivity contribution is 9.10. The van der Waals surface area contributed by atoms with E-state index in [9.17, 15) is 9.18 Å². The van der Waals surface area contributed by atoms with Gasteiger partial charge in [-0.3, -0.25) is 9.89 Å². The smallest absolute Gasteiger partial charge is 0.295 e. The molecule has 2 aromatic rings. The first-order valence-electron chi connectivity index (χ1n) is 5.66. The van der Waals surface area contributed by atoms with Crippen molar-refractivity contribution < 1.29 is 9.18 Å². The molecule has 0 unspecified atom stereocenters. The van der Waals surface area contributed by atoms with Gasteiger partial charge in [-0.1, -0.05) is 13.8 Å². The molecule has 2 N–H and O–H groups in total. The number of aromatic amines is 1. The van der Waals surface area contributed by atoms with Gasteiger partial charge in [0.2, 0.25) is 5.82 Å². The minimum atomic E-state index is -0.449. The largest absolute Gasteiger partial charge is 0.318 e. The number of carbonyl (C=O) groups is 1. The molecule has 0 saturated heterocycles. The van der Waals surface area contributed by atoms with Crippen molar-refractivity contribution in [3.63, 3.8) is 0 Å². The fraction of sp³-hybridized carbons (Fsp3) is 0.250. The van der Waals surface area contributed by atoms with Crippen LogP contribution in [0, 0.1) is 5.82 Å². The van der Waals surface area contributed by atoms with Crippen LogP contribution in [-0.4, -0.2) is 21.1 Å². The first-order chi connectivity index (χ1) is 8.97. The van der Waals surface area contributed by atoms with E-state index in [-0.39, 0.29) is 17.6 Å². The molecule has 0 aliphatic heterocycles. The SMILES string of the molecule is CC(C)c1nc(C(=O)Nc2ccc(F)cc2Br)n[nH]1. The first-order valence-corrected chi connectivity index (χ1v) is 6.45. The van der Waals surface area contributed by atoms with Crippen molar-refractivity contribution in [2.45, 2.75) is 19.8 Å². The molecule has 19 heavy (non-hydrogen) atoms. The number of carbonyl (C=O) groups excluding carboxylic acids is 1. The molecule has 0 bridgehead atoms. The van der Waals surface area contributed by atoms with Crippen LogP contribution in [0.2, 0.25) is 0 Å². The normalized spacial score (nSPS) is 10.8. The van der Waals surface area contributed by atoms with Crippen LogP contribution in [0.5, 0.6) is 0 Å². The summed E-state index contributed by atoms with van der Waals surface area (Å²) in [6.45, 7) is 3.89. The summed E-state index contributed by atoms with van der Waals surface area (Å²) in [7, 11) is 0. The summed E-state index contributed by atoms with van der Waals surface area (Å²) in [5.74, 6) is 0.0233. The lowest BCUT2D eigenvalue weighted by atomic mass is 10.2. The third kappa shape index (κ3) is 3.17. The summed E-state index contributed by atoms with van der Waals surface area (Å²) < 4.78 is 13.4. The molecule has 0 atom stereocenters. The zero-order valence-corrected chi connectivity index (χ0v) is 12.0. The highest BCUT2D eigenvalue weighted by atomic mass is 79.9. The van der Waals surface area contributed by atoms with E-state index >= 15 is 0 Å². The van der Waals surface area contributed by atoms with Gasteiger partial charge in [-0.2, -0.15) is 0 Å². The second-order valence-corrected chi connectivity index (χ2v) is 5.13. The molecule has 100 valence electrons. The standard InChI is InChI=1S/C12H12BrFN4O/c1-6(2)10-16-11(18-17-10)12(19)15-9-4-3-7(14)5-8(9)13/h3-6H,1-2H3,(H,15,19)(H,16,17,18). The number of halogens is 2. The Morgan fingerprint density at radius 1 is 1.47 bits per heavy atom. The molecule has 7 heteroatoms. The molecule has 1 amide bonds. The van der Waals surface area contributed by atoms with E-state index in [0.29, 0.717) is 16.0 Å². The Kier molecular flexibility index (Phi) is 3.94. The molecule has 0 aliphatic rings. The van der Waals surface area contributed by atoms with Crippen LogP contribution >= 0.6 is 15.9 Å². The Labute approximate surface area is 117 Å². The minimum Gasteiger partial charge on any atom is -0.318 e. The van der Waals surface area contributed by atoms with Gasteiger partial charge in [-0.05, 0) is 34.1 Å². The van der Waals surface area contributed by atoms with Gasteiger partial charge in [0.05, 0.1) is 5.69 Å². The number of nitrogens with one attached hydrogen (secondary N) is 2. The molecule has 0 saturated carbocycles. The van der Waals surface area contributed by atoms with Gasteiger partial charge < -0.3 is 5.32 Å². The van der Waals surface area contributed by atoms with E-state index in [1.54, 1.807) is 0 Å². The van der Waals surface area contributed by atoms with Gasteiger partial charge in [0.15, 0.2) is 0 Å². The van der Waals surface area contributed by atoms with Crippen LogP contribution in [-0.2, 0) is 0 Å². The predicted molar refractivity (Wildman–Crippen MR) is 72.5 cm³/mol. The predicted octanol–water partition coefficient (Wildman–Crippen LogP) is 3.08. The molecular weight excluding hydrogens is 315 g/mol. The lowest BCUT2D eigenvalue weighted by molar-refractivity contribution is 0.101. The van der Waals surface area contributed by atoms with Crippen molar-refractivity contribution in [1.29, 1.82) is 0 Å². The van der Waals surface area contributed by atoms with Crippen LogP contribution < -0.4 is 5.32 Å². The van der Waals surface area contributed by atoms with Crippen molar-refractivity contribution in [2.75, 3.05) is 5.32 Å². The second kappa shape index (κ2) is 5.48. The monoisotopic (exact) mass is 326 g/mol. The van der Waals surface area contributed by atoms with Gasteiger partial charge in [0.25, 0.3) is 5.91 Å². The van der Waals surface area contributed by atoms with Gasteiger partial charge >= 0.3 is 0 Å². The maximum atomic E-state index is 12.9. The molecule has 0 fully saturated rings. The Balaban J connectivity index is 2.16. The number of aromatic nitrogens is 3. The lowest BCUT2D eigenvalue weighted by Crippen LogP contribution is -2.14. The molecule has 0 radical (unpaired) electrons. The van der Waals surface area contributed by atoms with Crippen molar-refractivity contribution in [2.24, 2.45) is 0 Å². The Hall–Kier alpha value is -1.76. The molecule has 1 aromatic heterocycles. The van der Waals surface area contributed by atoms with E-state index in [2.05, 4.69) is 36.4 Å². The fourth-order valence-electron chi connectivity index (χ4n) is 1.40. The Morgan fingerprint density at radius 3 is 2.79 bits per heavy atom. The number of H-pyrrole nitrogens is 1. The maximum Gasteiger partial charge on any atom is 0.295 e. The van der Waals surface area contributed by atoms with E-state index < -0.39 is 5.91 Å². The van der Waals surface area contributed by atoms with Gasteiger partial charge in [0, 0.05) is 10.4 Å². The van der Waals surface area contributed by atoms with Crippen molar-refractivity contribution in [3.05, 3.63) is 40.1 Å². The third-order valence-corrected chi connectivity index (χ3v) is 3.09. The van der Waals surface area contributed by atoms with E-state index in [4.69, 9.17) is 0 Å². The van der Waals surface area contributed by atoms with Gasteiger partial charge in [-0.25, -0.2) is 9.37 Å². The van der Waals surface area contributed by atoms with E-state index in [0.717, 1.165) is 0 Å². The maximum absolute atomic E-state index is 12.9. The van der Waals surface area contributed by atoms with Crippen LogP contribution in [0.1, 0.15) is 36.2 Å². The minimum absolute atomic E-state index is 0.0555. The zero-order chi connectivity index (χ0) is 14.0. The number of anilines is 1. The van der Waals surface area contributed by atoms with Gasteiger partial charge in [-0.15, -0.1) is 5.10 Å². The topological polar surface area (TPSA) is 70.7 Å². The van der Waals surface area contributed by atoms with Crippen molar-refractivity contribution in [1.82, 2.24) is 15.2 Å². The number of benzene rings is 1. The number of amides is 1. The molecule has 1 heterocycles. The first kappa shape index (κ1) is 13.7. The highest BCUT2D eigenvalue weighted by Gasteiger charge is 2.15. The quantitative estimate of drug-likeness (QED) is 0.910. The Bertz CT molecular complexity index is 612. The summed E-state index contributed by atoms with van der Waals surface area (Å²) in [6.07, 6.45) is 0. The van der Waals surface area contributed by atoms with Crippen LogP contribution in [0.3, 0.4) is 0 Å². The zero-order valence-electron chi connectivity index (χ0n) is 10.4. The summed E-state index contributed by atoms with van der Waals surface area (Å²) >= 11 is 3.17. The summed E-state index contributed by atoms with van der Waals surface area (Å²) in [4.78, 5) is 16.0. The molecule has 5 nitrogen and oxygen atoms in total. The third-order valence-electron chi connectivity index (χ3n) is 2.43. The van der Waals surface area contributed by atoms with E-state index in [1.165, 1.54) is 18.2 Å². The second-order valence-electron chi connectivity index (χ2n) is 4.28. The average molecular weight is 327 g/mol. The van der Waals surface area contributed by atoms with Gasteiger partial charge in [0.1, 0.15) is 11.6 Å². The summed E-state index contributed by atoms with van der Waals surface area (Å²) in [5, 5.41) is 9.15. The highest BCUT2D eigenvalue weighted by Crippen LogP contribution is 2.23. The summed E-state index contributed by atoms with van der Waals surface area (Å²) in [6, 6.07) is 4.00. The average Bonchev–Trinajstić information content (AvgIpc) is 2.82. The fourth-order valence-corrected chi connectivity index (χ4v) is 1.85. The summed E-state index contributed by atoms with van der Waals surface area (Å²) in [5.41, 5.74) is 0.460.